The van der Waals surface area contributed by atoms with E-state index in [0.29, 0.717) is 76.6 Å². The Hall–Kier alpha value is -5.83. The van der Waals surface area contributed by atoms with E-state index in [1.54, 1.807) is 30.2 Å². The van der Waals surface area contributed by atoms with E-state index in [1.807, 2.05) is 92.4 Å². The molecule has 66 heavy (non-hydrogen) atoms. The standard InChI is InChI=1S/C52H55N3O9S2/c1-31-19-40-37(27-48(66(59,60)62-5)44-24-36-12-7-9-14-43(36)55(44)51(40)58)26-45(31)63-29-32-20-33(22-38(21-32)53-49(56)15-10-18-52(2,3)65)30-64-47-25-34-16-17-39-23-35-11-6-8-13-42(35)54(39)50(57)41(34)28-46(47)61-4/h6-9,11-14,19-22,25-26,28,39,44,48,65H,10,15-18,23-24,27,29-30H2,1-5H3,(H,53,56)/t39-,44+,48?/m1/s1. The van der Waals surface area contributed by atoms with Gasteiger partial charge in [0, 0.05) is 45.4 Å². The number of carbonyl (C=O) groups excluding carboxylic acids is 3. The lowest BCUT2D eigenvalue weighted by Gasteiger charge is -2.28. The van der Waals surface area contributed by atoms with E-state index in [0.717, 1.165) is 54.3 Å². The molecule has 4 aliphatic heterocycles. The Kier molecular flexibility index (Phi) is 12.4. The lowest BCUT2D eigenvalue weighted by atomic mass is 9.97. The number of nitrogens with zero attached hydrogens (tertiary/aromatic N) is 2. The number of amides is 3. The molecule has 0 spiro atoms. The Bertz CT molecular complexity index is 2860. The molecule has 344 valence electrons. The summed E-state index contributed by atoms with van der Waals surface area (Å²) >= 11 is 4.62. The second-order valence-corrected chi connectivity index (χ2v) is 21.6. The zero-order valence-corrected chi connectivity index (χ0v) is 39.6. The number of hydrogen-bond acceptors (Lipinski definition) is 10. The van der Waals surface area contributed by atoms with Gasteiger partial charge < -0.3 is 29.3 Å². The van der Waals surface area contributed by atoms with Crippen LogP contribution in [0.3, 0.4) is 0 Å². The molecule has 9 rings (SSSR count). The van der Waals surface area contributed by atoms with E-state index in [1.165, 1.54) is 5.56 Å². The number of rotatable bonds is 14. The Balaban J connectivity index is 0.981. The molecule has 0 bridgehead atoms. The normalized spacial score (nSPS) is 18.5. The number of benzene rings is 5. The summed E-state index contributed by atoms with van der Waals surface area (Å²) in [6.45, 7) is 6.11. The van der Waals surface area contributed by atoms with E-state index in [-0.39, 0.29) is 48.1 Å². The summed E-state index contributed by atoms with van der Waals surface area (Å²) in [6, 6.07) is 28.0. The van der Waals surface area contributed by atoms with Crippen LogP contribution in [0.1, 0.15) is 99.2 Å². The lowest BCUT2D eigenvalue weighted by molar-refractivity contribution is -0.116. The minimum atomic E-state index is -4.06. The van der Waals surface area contributed by atoms with Crippen LogP contribution < -0.4 is 29.3 Å². The molecule has 0 saturated carbocycles. The van der Waals surface area contributed by atoms with Gasteiger partial charge in [0.1, 0.15) is 24.2 Å². The monoisotopic (exact) mass is 929 g/mol. The molecule has 0 aromatic heterocycles. The average Bonchev–Trinajstić information content (AvgIpc) is 3.79. The van der Waals surface area contributed by atoms with Crippen LogP contribution in [0.15, 0.2) is 91.0 Å². The summed E-state index contributed by atoms with van der Waals surface area (Å²) in [5.74, 6) is 0.991. The molecular formula is C52H55N3O9S2. The van der Waals surface area contributed by atoms with E-state index in [2.05, 4.69) is 24.0 Å². The molecule has 4 aliphatic rings. The highest BCUT2D eigenvalue weighted by Gasteiger charge is 2.47. The molecule has 3 atom stereocenters. The van der Waals surface area contributed by atoms with Crippen LogP contribution in [0, 0.1) is 6.92 Å². The van der Waals surface area contributed by atoms with Gasteiger partial charge in [0.05, 0.1) is 20.3 Å². The largest absolute Gasteiger partial charge is 0.493 e. The number of carbonyl (C=O) groups is 3. The second kappa shape index (κ2) is 18.1. The lowest BCUT2D eigenvalue weighted by Crippen LogP contribution is -2.47. The first-order valence-electron chi connectivity index (χ1n) is 22.5. The van der Waals surface area contributed by atoms with Gasteiger partial charge in [0.15, 0.2) is 11.5 Å². The maximum Gasteiger partial charge on any atom is 0.272 e. The maximum atomic E-state index is 14.3. The molecule has 12 nitrogen and oxygen atoms in total. The van der Waals surface area contributed by atoms with Crippen molar-refractivity contribution in [1.82, 2.24) is 0 Å². The Morgan fingerprint density at radius 1 is 0.758 bits per heavy atom. The van der Waals surface area contributed by atoms with Crippen LogP contribution >= 0.6 is 12.6 Å². The number of anilines is 3. The number of hydrogen-bond donors (Lipinski definition) is 2. The summed E-state index contributed by atoms with van der Waals surface area (Å²) in [5.41, 5.74) is 9.01. The smallest absolute Gasteiger partial charge is 0.272 e. The molecule has 0 saturated heterocycles. The summed E-state index contributed by atoms with van der Waals surface area (Å²) in [6.07, 6.45) is 4.56. The third kappa shape index (κ3) is 9.02. The van der Waals surface area contributed by atoms with E-state index >= 15 is 0 Å². The average molecular weight is 930 g/mol. The fourth-order valence-corrected chi connectivity index (χ4v) is 11.4. The van der Waals surface area contributed by atoms with Crippen LogP contribution in [0.2, 0.25) is 0 Å². The summed E-state index contributed by atoms with van der Waals surface area (Å²) in [7, 11) is -1.34. The van der Waals surface area contributed by atoms with Crippen molar-refractivity contribution in [1.29, 1.82) is 0 Å². The minimum Gasteiger partial charge on any atom is -0.493 e. The number of ether oxygens (including phenoxy) is 3. The molecule has 3 amide bonds. The fourth-order valence-electron chi connectivity index (χ4n) is 10.1. The Morgan fingerprint density at radius 2 is 1.38 bits per heavy atom. The first-order valence-corrected chi connectivity index (χ1v) is 24.4. The fraction of sp³-hybridized carbons (Fsp3) is 0.365. The summed E-state index contributed by atoms with van der Waals surface area (Å²) in [4.78, 5) is 45.2. The molecule has 0 aliphatic carbocycles. The highest BCUT2D eigenvalue weighted by molar-refractivity contribution is 7.87. The van der Waals surface area contributed by atoms with Gasteiger partial charge in [-0.25, -0.2) is 0 Å². The second-order valence-electron chi connectivity index (χ2n) is 18.4. The van der Waals surface area contributed by atoms with Crippen molar-refractivity contribution < 1.29 is 41.2 Å². The Labute approximate surface area is 392 Å². The molecule has 0 fully saturated rings. The number of methoxy groups -OCH3 is 1. The first kappa shape index (κ1) is 45.3. The van der Waals surface area contributed by atoms with Crippen LogP contribution in [0.4, 0.5) is 17.1 Å². The van der Waals surface area contributed by atoms with Crippen LogP contribution in [0.25, 0.3) is 0 Å². The van der Waals surface area contributed by atoms with E-state index < -0.39 is 21.4 Å². The predicted molar refractivity (Wildman–Crippen MR) is 258 cm³/mol. The minimum absolute atomic E-state index is 0.0458. The highest BCUT2D eigenvalue weighted by Crippen LogP contribution is 2.43. The molecule has 1 N–H and O–H groups in total. The van der Waals surface area contributed by atoms with Gasteiger partial charge in [-0.15, -0.1) is 0 Å². The third-order valence-electron chi connectivity index (χ3n) is 13.3. The molecule has 1 unspecified atom stereocenters. The molecule has 4 heterocycles. The van der Waals surface area contributed by atoms with Gasteiger partial charge >= 0.3 is 0 Å². The number of aryl methyl sites for hydroxylation is 2. The van der Waals surface area contributed by atoms with Gasteiger partial charge in [-0.3, -0.25) is 18.6 Å². The molecule has 0 radical (unpaired) electrons. The van der Waals surface area contributed by atoms with E-state index in [9.17, 15) is 22.8 Å². The van der Waals surface area contributed by atoms with Crippen molar-refractivity contribution in [2.75, 3.05) is 29.3 Å². The maximum absolute atomic E-state index is 14.3. The van der Waals surface area contributed by atoms with Crippen molar-refractivity contribution in [2.45, 2.75) is 107 Å². The van der Waals surface area contributed by atoms with E-state index in [4.69, 9.17) is 18.4 Å². The number of para-hydroxylation sites is 2. The van der Waals surface area contributed by atoms with Gasteiger partial charge in [0.25, 0.3) is 21.9 Å². The molecule has 5 aromatic carbocycles. The van der Waals surface area contributed by atoms with Crippen LogP contribution in [-0.2, 0) is 58.0 Å². The topological polar surface area (TPSA) is 141 Å². The van der Waals surface area contributed by atoms with Crippen LogP contribution in [-0.4, -0.2) is 62.4 Å². The SMILES string of the molecule is COc1cc2c(cc1OCc1cc(COc3cc4c(cc3C)C(=O)N3c5ccccc5C[C@H]3C(S(=O)(=O)OC)C4)cc(NC(=O)CCCC(C)(C)S)c1)CC[C@@H]1Cc3ccccc3N1C2=O. The van der Waals surface area contributed by atoms with Crippen molar-refractivity contribution in [3.05, 3.63) is 141 Å². The molecule has 14 heteroatoms. The number of thiol groups is 1. The highest BCUT2D eigenvalue weighted by atomic mass is 32.2. The van der Waals surface area contributed by atoms with Crippen molar-refractivity contribution in [3.8, 4) is 17.2 Å². The summed E-state index contributed by atoms with van der Waals surface area (Å²) < 4.78 is 50.7. The van der Waals surface area contributed by atoms with Crippen molar-refractivity contribution in [2.24, 2.45) is 0 Å². The van der Waals surface area contributed by atoms with Gasteiger partial charge in [-0.1, -0.05) is 50.2 Å². The molecular weight excluding hydrogens is 875 g/mol. The van der Waals surface area contributed by atoms with Crippen molar-refractivity contribution >= 4 is 57.5 Å². The zero-order valence-electron chi connectivity index (χ0n) is 37.9. The number of fused-ring (bicyclic) bond motifs is 8. The van der Waals surface area contributed by atoms with Gasteiger partial charge in [0.2, 0.25) is 5.91 Å². The Morgan fingerprint density at radius 3 is 2.06 bits per heavy atom. The predicted octanol–water partition coefficient (Wildman–Crippen LogP) is 8.97. The quantitative estimate of drug-likeness (QED) is 0.0825. The number of nitrogens with one attached hydrogen (secondary N) is 1. The van der Waals surface area contributed by atoms with Gasteiger partial charge in [-0.2, -0.15) is 21.0 Å². The zero-order chi connectivity index (χ0) is 46.5. The van der Waals surface area contributed by atoms with Crippen LogP contribution in [0.5, 0.6) is 17.2 Å². The van der Waals surface area contributed by atoms with Gasteiger partial charge in [-0.05, 0) is 145 Å². The third-order valence-corrected chi connectivity index (χ3v) is 15.2. The van der Waals surface area contributed by atoms with Crippen molar-refractivity contribution in [3.63, 3.8) is 0 Å². The first-order chi connectivity index (χ1) is 31.6. The summed E-state index contributed by atoms with van der Waals surface area (Å²) in [5, 5.41) is 2.06. The molecule has 5 aromatic rings.